The third-order valence-electron chi connectivity index (χ3n) is 3.63. The number of benzene rings is 1. The number of methoxy groups -OCH3 is 1. The Kier molecular flexibility index (Phi) is 5.07. The van der Waals surface area contributed by atoms with Crippen molar-refractivity contribution >= 4 is 15.9 Å². The lowest BCUT2D eigenvalue weighted by molar-refractivity contribution is 0.399. The molecular formula is C15H22BrNO. The molecule has 2 nitrogen and oxygen atoms in total. The van der Waals surface area contributed by atoms with Gasteiger partial charge in [-0.2, -0.15) is 0 Å². The summed E-state index contributed by atoms with van der Waals surface area (Å²) < 4.78 is 6.51. The van der Waals surface area contributed by atoms with Crippen molar-refractivity contribution in [1.29, 1.82) is 0 Å². The van der Waals surface area contributed by atoms with Gasteiger partial charge in [0.2, 0.25) is 0 Å². The van der Waals surface area contributed by atoms with E-state index >= 15 is 0 Å². The van der Waals surface area contributed by atoms with Crippen molar-refractivity contribution in [3.8, 4) is 5.75 Å². The molecule has 1 unspecified atom stereocenters. The average molecular weight is 312 g/mol. The van der Waals surface area contributed by atoms with Crippen LogP contribution in [0, 0.1) is 5.92 Å². The molecule has 1 saturated carbocycles. The SMILES string of the molecule is CCC(CC1CC1)NCc1cc(Br)ccc1OC. The summed E-state index contributed by atoms with van der Waals surface area (Å²) in [6, 6.07) is 6.81. The molecule has 18 heavy (non-hydrogen) atoms. The molecule has 3 heteroatoms. The van der Waals surface area contributed by atoms with Gasteiger partial charge in [-0.1, -0.05) is 35.7 Å². The fourth-order valence-corrected chi connectivity index (χ4v) is 2.70. The van der Waals surface area contributed by atoms with E-state index in [2.05, 4.69) is 34.2 Å². The molecule has 0 aromatic heterocycles. The highest BCUT2D eigenvalue weighted by atomic mass is 79.9. The van der Waals surface area contributed by atoms with Crippen LogP contribution in [0.1, 0.15) is 38.2 Å². The molecule has 2 rings (SSSR count). The topological polar surface area (TPSA) is 21.3 Å². The Balaban J connectivity index is 1.92. The second-order valence-corrected chi connectivity index (χ2v) is 6.04. The molecule has 1 aromatic rings. The predicted molar refractivity (Wildman–Crippen MR) is 79.0 cm³/mol. The van der Waals surface area contributed by atoms with Crippen LogP contribution in [0.3, 0.4) is 0 Å². The molecule has 0 radical (unpaired) electrons. The van der Waals surface area contributed by atoms with Crippen LogP contribution in [-0.4, -0.2) is 13.2 Å². The van der Waals surface area contributed by atoms with E-state index in [0.717, 1.165) is 22.7 Å². The molecular weight excluding hydrogens is 290 g/mol. The molecule has 1 aromatic carbocycles. The van der Waals surface area contributed by atoms with E-state index in [4.69, 9.17) is 4.74 Å². The molecule has 0 heterocycles. The van der Waals surface area contributed by atoms with Gasteiger partial charge in [-0.3, -0.25) is 0 Å². The number of hydrogen-bond acceptors (Lipinski definition) is 2. The minimum absolute atomic E-state index is 0.640. The fourth-order valence-electron chi connectivity index (χ4n) is 2.29. The zero-order valence-corrected chi connectivity index (χ0v) is 12.8. The van der Waals surface area contributed by atoms with Gasteiger partial charge in [0.25, 0.3) is 0 Å². The second kappa shape index (κ2) is 6.58. The van der Waals surface area contributed by atoms with E-state index in [1.807, 2.05) is 12.1 Å². The van der Waals surface area contributed by atoms with E-state index in [9.17, 15) is 0 Å². The molecule has 0 bridgehead atoms. The Morgan fingerprint density at radius 2 is 2.22 bits per heavy atom. The maximum Gasteiger partial charge on any atom is 0.123 e. The Morgan fingerprint density at radius 3 is 2.83 bits per heavy atom. The van der Waals surface area contributed by atoms with Crippen molar-refractivity contribution in [1.82, 2.24) is 5.32 Å². The third-order valence-corrected chi connectivity index (χ3v) is 4.12. The van der Waals surface area contributed by atoms with E-state index in [0.29, 0.717) is 6.04 Å². The van der Waals surface area contributed by atoms with Crippen LogP contribution in [0.15, 0.2) is 22.7 Å². The Hall–Kier alpha value is -0.540. The third kappa shape index (κ3) is 3.99. The van der Waals surface area contributed by atoms with Gasteiger partial charge in [0.05, 0.1) is 7.11 Å². The van der Waals surface area contributed by atoms with Crippen LogP contribution in [0.5, 0.6) is 5.75 Å². The zero-order valence-electron chi connectivity index (χ0n) is 11.2. The van der Waals surface area contributed by atoms with Gasteiger partial charge < -0.3 is 10.1 Å². The van der Waals surface area contributed by atoms with Crippen LogP contribution in [0.25, 0.3) is 0 Å². The Morgan fingerprint density at radius 1 is 1.44 bits per heavy atom. The summed E-state index contributed by atoms with van der Waals surface area (Å²) in [7, 11) is 1.73. The summed E-state index contributed by atoms with van der Waals surface area (Å²) in [5, 5.41) is 3.66. The average Bonchev–Trinajstić information content (AvgIpc) is 3.18. The lowest BCUT2D eigenvalue weighted by Gasteiger charge is -2.18. The first-order valence-corrected chi connectivity index (χ1v) is 7.58. The molecule has 0 aliphatic heterocycles. The lowest BCUT2D eigenvalue weighted by atomic mass is 10.1. The number of hydrogen-bond donors (Lipinski definition) is 1. The normalized spacial score (nSPS) is 16.6. The summed E-state index contributed by atoms with van der Waals surface area (Å²) in [5.74, 6) is 1.94. The van der Waals surface area contributed by atoms with Crippen molar-refractivity contribution in [2.24, 2.45) is 5.92 Å². The highest BCUT2D eigenvalue weighted by Crippen LogP contribution is 2.34. The quantitative estimate of drug-likeness (QED) is 0.817. The second-order valence-electron chi connectivity index (χ2n) is 5.12. The van der Waals surface area contributed by atoms with Crippen molar-refractivity contribution in [2.75, 3.05) is 7.11 Å². The minimum atomic E-state index is 0.640. The zero-order chi connectivity index (χ0) is 13.0. The highest BCUT2D eigenvalue weighted by Gasteiger charge is 2.24. The summed E-state index contributed by atoms with van der Waals surface area (Å²) in [6.07, 6.45) is 5.39. The van der Waals surface area contributed by atoms with Crippen molar-refractivity contribution in [3.05, 3.63) is 28.2 Å². The van der Waals surface area contributed by atoms with Gasteiger partial charge in [-0.15, -0.1) is 0 Å². The number of halogens is 1. The first-order valence-electron chi connectivity index (χ1n) is 6.78. The molecule has 1 fully saturated rings. The summed E-state index contributed by atoms with van der Waals surface area (Å²) in [5.41, 5.74) is 1.22. The molecule has 1 aliphatic carbocycles. The van der Waals surface area contributed by atoms with E-state index in [1.165, 1.54) is 31.2 Å². The van der Waals surface area contributed by atoms with Crippen LogP contribution >= 0.6 is 15.9 Å². The van der Waals surface area contributed by atoms with Crippen LogP contribution in [-0.2, 0) is 6.54 Å². The van der Waals surface area contributed by atoms with E-state index in [1.54, 1.807) is 7.11 Å². The largest absolute Gasteiger partial charge is 0.496 e. The molecule has 1 atom stereocenters. The molecule has 0 spiro atoms. The van der Waals surface area contributed by atoms with E-state index < -0.39 is 0 Å². The summed E-state index contributed by atoms with van der Waals surface area (Å²) in [4.78, 5) is 0. The van der Waals surface area contributed by atoms with Crippen LogP contribution < -0.4 is 10.1 Å². The van der Waals surface area contributed by atoms with Gasteiger partial charge >= 0.3 is 0 Å². The molecule has 0 amide bonds. The predicted octanol–water partition coefficient (Wildman–Crippen LogP) is 4.13. The smallest absolute Gasteiger partial charge is 0.123 e. The van der Waals surface area contributed by atoms with E-state index in [-0.39, 0.29) is 0 Å². The molecule has 1 aliphatic rings. The first kappa shape index (κ1) is 13.9. The van der Waals surface area contributed by atoms with Gasteiger partial charge in [0.1, 0.15) is 5.75 Å². The monoisotopic (exact) mass is 311 g/mol. The lowest BCUT2D eigenvalue weighted by Crippen LogP contribution is -2.28. The number of ether oxygens (including phenoxy) is 1. The first-order chi connectivity index (χ1) is 8.72. The molecule has 1 N–H and O–H groups in total. The maximum atomic E-state index is 5.40. The van der Waals surface area contributed by atoms with Gasteiger partial charge in [0, 0.05) is 22.6 Å². The van der Waals surface area contributed by atoms with Crippen molar-refractivity contribution in [2.45, 2.75) is 45.2 Å². The van der Waals surface area contributed by atoms with Crippen LogP contribution in [0.2, 0.25) is 0 Å². The molecule has 0 saturated heterocycles. The van der Waals surface area contributed by atoms with Gasteiger partial charge in [0.15, 0.2) is 0 Å². The highest BCUT2D eigenvalue weighted by molar-refractivity contribution is 9.10. The van der Waals surface area contributed by atoms with Gasteiger partial charge in [-0.25, -0.2) is 0 Å². The summed E-state index contributed by atoms with van der Waals surface area (Å²) >= 11 is 3.52. The number of rotatable bonds is 7. The number of nitrogens with one attached hydrogen (secondary N) is 1. The van der Waals surface area contributed by atoms with Crippen molar-refractivity contribution in [3.63, 3.8) is 0 Å². The standard InChI is InChI=1S/C15H22BrNO/c1-3-14(8-11-4-5-11)17-10-12-9-13(16)6-7-15(12)18-2/h6-7,9,11,14,17H,3-5,8,10H2,1-2H3. The Labute approximate surface area is 118 Å². The maximum absolute atomic E-state index is 5.40. The summed E-state index contributed by atoms with van der Waals surface area (Å²) in [6.45, 7) is 3.14. The fraction of sp³-hybridized carbons (Fsp3) is 0.600. The van der Waals surface area contributed by atoms with Gasteiger partial charge in [-0.05, 0) is 37.0 Å². The van der Waals surface area contributed by atoms with Crippen molar-refractivity contribution < 1.29 is 4.74 Å². The molecule has 100 valence electrons. The van der Waals surface area contributed by atoms with Crippen LogP contribution in [0.4, 0.5) is 0 Å². The Bertz CT molecular complexity index is 390. The minimum Gasteiger partial charge on any atom is -0.496 e.